The van der Waals surface area contributed by atoms with Crippen LogP contribution in [0.2, 0.25) is 0 Å². The summed E-state index contributed by atoms with van der Waals surface area (Å²) in [5, 5.41) is 8.00. The van der Waals surface area contributed by atoms with Gasteiger partial charge in [-0.3, -0.25) is 4.79 Å². The Labute approximate surface area is 131 Å². The zero-order valence-corrected chi connectivity index (χ0v) is 13.7. The number of thioether (sulfide) groups is 2. The third-order valence-corrected chi connectivity index (χ3v) is 4.21. The quantitative estimate of drug-likeness (QED) is 0.572. The van der Waals surface area contributed by atoms with Gasteiger partial charge in [-0.05, 0) is 37.4 Å². The molecule has 0 bridgehead atoms. The number of ketones is 1. The summed E-state index contributed by atoms with van der Waals surface area (Å²) in [6.07, 6.45) is 1.97. The van der Waals surface area contributed by atoms with Crippen LogP contribution in [-0.4, -0.2) is 34.6 Å². The molecule has 7 heteroatoms. The van der Waals surface area contributed by atoms with Crippen LogP contribution < -0.4 is 4.74 Å². The minimum atomic E-state index is -0.291. The van der Waals surface area contributed by atoms with Crippen LogP contribution in [0.4, 0.5) is 0 Å². The Morgan fingerprint density at radius 1 is 1.33 bits per heavy atom. The normalized spacial score (nSPS) is 12.1. The molecule has 1 unspecified atom stereocenters. The van der Waals surface area contributed by atoms with Gasteiger partial charge in [-0.2, -0.15) is 11.8 Å². The van der Waals surface area contributed by atoms with Crippen LogP contribution in [0.15, 0.2) is 33.9 Å². The van der Waals surface area contributed by atoms with Gasteiger partial charge in [0, 0.05) is 5.56 Å². The fraction of sp³-hybridized carbons (Fsp3) is 0.357. The van der Waals surface area contributed by atoms with Gasteiger partial charge in [-0.15, -0.1) is 10.2 Å². The number of carbonyl (C=O) groups is 1. The molecule has 0 fully saturated rings. The number of carbonyl (C=O) groups excluding carboxylic acids is 1. The molecule has 21 heavy (non-hydrogen) atoms. The maximum atomic E-state index is 12.3. The van der Waals surface area contributed by atoms with Crippen molar-refractivity contribution in [1.82, 2.24) is 10.2 Å². The zero-order chi connectivity index (χ0) is 15.2. The minimum Gasteiger partial charge on any atom is -0.497 e. The van der Waals surface area contributed by atoms with Crippen LogP contribution in [0.1, 0.15) is 23.2 Å². The molecule has 2 rings (SSSR count). The lowest BCUT2D eigenvalue weighted by molar-refractivity contribution is 0.0993. The summed E-state index contributed by atoms with van der Waals surface area (Å²) in [5.41, 5.74) is 0.639. The second kappa shape index (κ2) is 7.51. The summed E-state index contributed by atoms with van der Waals surface area (Å²) in [6.45, 7) is 1.83. The van der Waals surface area contributed by atoms with E-state index in [4.69, 9.17) is 9.15 Å². The minimum absolute atomic E-state index is 0.0206. The van der Waals surface area contributed by atoms with Crippen LogP contribution in [0.25, 0.3) is 0 Å². The molecular weight excluding hydrogens is 308 g/mol. The molecule has 1 atom stereocenters. The second-order valence-electron chi connectivity index (χ2n) is 4.25. The van der Waals surface area contributed by atoms with Gasteiger partial charge in [-0.1, -0.05) is 11.8 Å². The van der Waals surface area contributed by atoms with Crippen molar-refractivity contribution in [3.05, 3.63) is 35.7 Å². The fourth-order valence-electron chi connectivity index (χ4n) is 1.66. The van der Waals surface area contributed by atoms with Crippen molar-refractivity contribution in [2.45, 2.75) is 23.1 Å². The summed E-state index contributed by atoms with van der Waals surface area (Å²) in [7, 11) is 1.59. The van der Waals surface area contributed by atoms with Crippen molar-refractivity contribution >= 4 is 29.3 Å². The summed E-state index contributed by atoms with van der Waals surface area (Å²) in [5.74, 6) is 2.00. The number of rotatable bonds is 7. The number of nitrogens with zero attached hydrogens (tertiary/aromatic N) is 2. The first-order valence-electron chi connectivity index (χ1n) is 6.30. The molecule has 0 aliphatic carbocycles. The molecule has 1 heterocycles. The van der Waals surface area contributed by atoms with E-state index in [2.05, 4.69) is 10.2 Å². The first-order valence-corrected chi connectivity index (χ1v) is 8.57. The zero-order valence-electron chi connectivity index (χ0n) is 12.0. The van der Waals surface area contributed by atoms with Crippen molar-refractivity contribution in [2.75, 3.05) is 13.4 Å². The molecule has 0 aliphatic rings. The highest BCUT2D eigenvalue weighted by molar-refractivity contribution is 8.00. The molecule has 1 aromatic carbocycles. The maximum Gasteiger partial charge on any atom is 0.277 e. The van der Waals surface area contributed by atoms with E-state index in [1.807, 2.05) is 13.2 Å². The number of aromatic nitrogens is 2. The Morgan fingerprint density at radius 2 is 2.05 bits per heavy atom. The van der Waals surface area contributed by atoms with Crippen molar-refractivity contribution in [2.24, 2.45) is 0 Å². The van der Waals surface area contributed by atoms with E-state index >= 15 is 0 Å². The standard InChI is InChI=1S/C14H16N2O3S2/c1-9(21-14-16-15-12(19-14)8-20-3)13(17)10-4-6-11(18-2)7-5-10/h4-7,9H,8H2,1-3H3. The van der Waals surface area contributed by atoms with Gasteiger partial charge < -0.3 is 9.15 Å². The number of benzene rings is 1. The van der Waals surface area contributed by atoms with Crippen molar-refractivity contribution in [1.29, 1.82) is 0 Å². The largest absolute Gasteiger partial charge is 0.497 e. The van der Waals surface area contributed by atoms with E-state index in [1.165, 1.54) is 11.8 Å². The first-order chi connectivity index (χ1) is 10.1. The molecular formula is C14H16N2O3S2. The smallest absolute Gasteiger partial charge is 0.277 e. The monoisotopic (exact) mass is 324 g/mol. The molecule has 2 aromatic rings. The highest BCUT2D eigenvalue weighted by atomic mass is 32.2. The van der Waals surface area contributed by atoms with E-state index in [9.17, 15) is 4.79 Å². The lowest BCUT2D eigenvalue weighted by Crippen LogP contribution is -2.13. The lowest BCUT2D eigenvalue weighted by Gasteiger charge is -2.08. The average Bonchev–Trinajstić information content (AvgIpc) is 2.94. The van der Waals surface area contributed by atoms with Crippen molar-refractivity contribution < 1.29 is 13.9 Å². The predicted octanol–water partition coefficient (Wildman–Crippen LogP) is 3.30. The van der Waals surface area contributed by atoms with Crippen molar-refractivity contribution in [3.8, 4) is 5.75 Å². The summed E-state index contributed by atoms with van der Waals surface area (Å²) < 4.78 is 10.5. The fourth-order valence-corrected chi connectivity index (χ4v) is 2.80. The van der Waals surface area contributed by atoms with Gasteiger partial charge >= 0.3 is 0 Å². The van der Waals surface area contributed by atoms with Crippen LogP contribution in [0.5, 0.6) is 5.75 Å². The van der Waals surface area contributed by atoms with Crippen molar-refractivity contribution in [3.63, 3.8) is 0 Å². The number of Topliss-reactive ketones (excluding diaryl/α,β-unsaturated/α-hetero) is 1. The molecule has 5 nitrogen and oxygen atoms in total. The second-order valence-corrected chi connectivity index (χ2v) is 6.41. The average molecular weight is 324 g/mol. The van der Waals surface area contributed by atoms with E-state index in [1.54, 1.807) is 43.1 Å². The Morgan fingerprint density at radius 3 is 2.67 bits per heavy atom. The Bertz CT molecular complexity index is 599. The molecule has 0 saturated carbocycles. The van der Waals surface area contributed by atoms with Crippen LogP contribution >= 0.6 is 23.5 Å². The highest BCUT2D eigenvalue weighted by Crippen LogP contribution is 2.25. The lowest BCUT2D eigenvalue weighted by atomic mass is 10.1. The molecule has 0 N–H and O–H groups in total. The Hall–Kier alpha value is -1.47. The molecule has 0 radical (unpaired) electrons. The highest BCUT2D eigenvalue weighted by Gasteiger charge is 2.19. The van der Waals surface area contributed by atoms with Gasteiger partial charge in [0.05, 0.1) is 18.1 Å². The van der Waals surface area contributed by atoms with Crippen LogP contribution in [-0.2, 0) is 5.75 Å². The number of hydrogen-bond acceptors (Lipinski definition) is 7. The number of ether oxygens (including phenoxy) is 1. The summed E-state index contributed by atoms with van der Waals surface area (Å²) >= 11 is 2.88. The Kier molecular flexibility index (Phi) is 5.69. The molecule has 112 valence electrons. The van der Waals surface area contributed by atoms with E-state index in [0.29, 0.717) is 22.4 Å². The van der Waals surface area contributed by atoms with Crippen LogP contribution in [0.3, 0.4) is 0 Å². The maximum absolute atomic E-state index is 12.3. The third kappa shape index (κ3) is 4.25. The van der Waals surface area contributed by atoms with E-state index in [0.717, 1.165) is 5.75 Å². The van der Waals surface area contributed by atoms with Gasteiger partial charge in [0.1, 0.15) is 5.75 Å². The van der Waals surface area contributed by atoms with Gasteiger partial charge in [0.25, 0.3) is 5.22 Å². The van der Waals surface area contributed by atoms with E-state index in [-0.39, 0.29) is 11.0 Å². The number of methoxy groups -OCH3 is 1. The molecule has 0 spiro atoms. The predicted molar refractivity (Wildman–Crippen MR) is 84.2 cm³/mol. The van der Waals surface area contributed by atoms with Gasteiger partial charge in [0.2, 0.25) is 5.89 Å². The SMILES string of the molecule is COc1ccc(C(=O)C(C)Sc2nnc(CSC)o2)cc1. The molecule has 1 aromatic heterocycles. The molecule has 0 amide bonds. The van der Waals surface area contributed by atoms with Crippen LogP contribution in [0, 0.1) is 0 Å². The summed E-state index contributed by atoms with van der Waals surface area (Å²) in [4.78, 5) is 12.3. The van der Waals surface area contributed by atoms with Gasteiger partial charge in [-0.25, -0.2) is 0 Å². The summed E-state index contributed by atoms with van der Waals surface area (Å²) in [6, 6.07) is 7.05. The molecule has 0 aliphatic heterocycles. The van der Waals surface area contributed by atoms with E-state index < -0.39 is 0 Å². The first kappa shape index (κ1) is 15.9. The third-order valence-electron chi connectivity index (χ3n) is 2.74. The molecule has 0 saturated heterocycles. The topological polar surface area (TPSA) is 65.2 Å². The number of hydrogen-bond donors (Lipinski definition) is 0. The van der Waals surface area contributed by atoms with Gasteiger partial charge in [0.15, 0.2) is 5.78 Å². The Balaban J connectivity index is 2.00.